The summed E-state index contributed by atoms with van der Waals surface area (Å²) in [4.78, 5) is 16.5. The number of amides is 1. The molecule has 1 heterocycles. The molecule has 7 heteroatoms. The Labute approximate surface area is 135 Å². The third-order valence-electron chi connectivity index (χ3n) is 3.71. The van der Waals surface area contributed by atoms with Crippen molar-refractivity contribution >= 4 is 17.9 Å². The molecule has 1 N–H and O–H groups in total. The molecule has 22 heavy (non-hydrogen) atoms. The van der Waals surface area contributed by atoms with Crippen LogP contribution >= 0.6 is 11.8 Å². The number of nitrogens with one attached hydrogen (secondary N) is 1. The Morgan fingerprint density at radius 3 is 2.68 bits per heavy atom. The van der Waals surface area contributed by atoms with Crippen LogP contribution in [0.25, 0.3) is 0 Å². The van der Waals surface area contributed by atoms with Crippen LogP contribution in [-0.4, -0.2) is 33.3 Å². The van der Waals surface area contributed by atoms with E-state index in [1.807, 2.05) is 20.8 Å². The van der Waals surface area contributed by atoms with Crippen LogP contribution in [0, 0.1) is 0 Å². The summed E-state index contributed by atoms with van der Waals surface area (Å²) >= 11 is 1.76. The molecule has 0 bridgehead atoms. The number of nitrogens with zero attached hydrogens (tertiary/aromatic N) is 2. The van der Waals surface area contributed by atoms with Gasteiger partial charge in [0.2, 0.25) is 5.89 Å². The van der Waals surface area contributed by atoms with Gasteiger partial charge in [-0.3, -0.25) is 0 Å². The number of alkyl carbamates (subject to hydrolysis) is 1. The Hall–Kier alpha value is -1.24. The Morgan fingerprint density at radius 1 is 1.50 bits per heavy atom. The fraction of sp³-hybridized carbons (Fsp3) is 0.800. The van der Waals surface area contributed by atoms with Crippen LogP contribution in [0.4, 0.5) is 4.79 Å². The zero-order valence-electron chi connectivity index (χ0n) is 13.9. The fourth-order valence-electron chi connectivity index (χ4n) is 2.30. The molecule has 1 aliphatic rings. The number of hydrogen-bond acceptors (Lipinski definition) is 6. The van der Waals surface area contributed by atoms with E-state index in [9.17, 15) is 4.79 Å². The largest absolute Gasteiger partial charge is 0.444 e. The van der Waals surface area contributed by atoms with Gasteiger partial charge in [0.05, 0.1) is 0 Å². The van der Waals surface area contributed by atoms with E-state index < -0.39 is 17.2 Å². The van der Waals surface area contributed by atoms with E-state index >= 15 is 0 Å². The Morgan fingerprint density at radius 2 is 2.18 bits per heavy atom. The van der Waals surface area contributed by atoms with Crippen LogP contribution < -0.4 is 5.32 Å². The monoisotopic (exact) mass is 327 g/mol. The molecule has 0 radical (unpaired) electrons. The minimum atomic E-state index is -0.535. The number of ether oxygens (including phenoxy) is 1. The van der Waals surface area contributed by atoms with Crippen molar-refractivity contribution in [1.82, 2.24) is 15.5 Å². The van der Waals surface area contributed by atoms with E-state index in [-0.39, 0.29) is 0 Å². The zero-order valence-corrected chi connectivity index (χ0v) is 14.7. The predicted octanol–water partition coefficient (Wildman–Crippen LogP) is 3.27. The molecule has 1 atom stereocenters. The lowest BCUT2D eigenvalue weighted by Crippen LogP contribution is -2.52. The second kappa shape index (κ2) is 6.48. The van der Waals surface area contributed by atoms with Crippen molar-refractivity contribution in [3.63, 3.8) is 0 Å². The summed E-state index contributed by atoms with van der Waals surface area (Å²) in [6.07, 6.45) is 5.00. The van der Waals surface area contributed by atoms with Crippen molar-refractivity contribution in [3.8, 4) is 0 Å². The number of hydrogen-bond donors (Lipinski definition) is 1. The highest BCUT2D eigenvalue weighted by atomic mass is 32.2. The molecule has 1 fully saturated rings. The van der Waals surface area contributed by atoms with E-state index in [1.165, 1.54) is 0 Å². The van der Waals surface area contributed by atoms with Crippen LogP contribution in [0.2, 0.25) is 0 Å². The molecule has 0 saturated heterocycles. The molecule has 1 aliphatic carbocycles. The molecule has 1 amide bonds. The van der Waals surface area contributed by atoms with Crippen molar-refractivity contribution < 1.29 is 14.1 Å². The maximum Gasteiger partial charge on any atom is 0.408 e. The molecule has 1 aromatic rings. The molecule has 1 unspecified atom stereocenters. The summed E-state index contributed by atoms with van der Waals surface area (Å²) in [5, 5.41) is 7.43. The highest BCUT2D eigenvalue weighted by Crippen LogP contribution is 2.40. The number of rotatable bonds is 5. The predicted molar refractivity (Wildman–Crippen MR) is 85.9 cm³/mol. The second-order valence-corrected chi connectivity index (χ2v) is 8.10. The Balaban J connectivity index is 2.06. The van der Waals surface area contributed by atoms with Crippen molar-refractivity contribution in [3.05, 3.63) is 11.7 Å². The summed E-state index contributed by atoms with van der Waals surface area (Å²) < 4.78 is 10.7. The average Bonchev–Trinajstić information content (AvgIpc) is 2.80. The molecule has 124 valence electrons. The van der Waals surface area contributed by atoms with Crippen molar-refractivity contribution in [2.45, 2.75) is 69.8 Å². The Kier molecular flexibility index (Phi) is 5.04. The van der Waals surface area contributed by atoms with E-state index in [4.69, 9.17) is 9.26 Å². The normalized spacial score (nSPS) is 18.4. The zero-order chi connectivity index (χ0) is 16.4. The number of aromatic nitrogens is 2. The summed E-state index contributed by atoms with van der Waals surface area (Å²) in [6, 6.07) is 0. The average molecular weight is 327 g/mol. The van der Waals surface area contributed by atoms with Crippen LogP contribution in [0.3, 0.4) is 0 Å². The van der Waals surface area contributed by atoms with Gasteiger partial charge in [0.1, 0.15) is 11.1 Å². The fourth-order valence-corrected chi connectivity index (χ4v) is 2.60. The maximum atomic E-state index is 12.0. The summed E-state index contributed by atoms with van der Waals surface area (Å²) in [5.74, 6) is 1.18. The first-order chi connectivity index (χ1) is 10.2. The van der Waals surface area contributed by atoms with Gasteiger partial charge in [0.15, 0.2) is 5.82 Å². The van der Waals surface area contributed by atoms with E-state index in [1.54, 1.807) is 11.8 Å². The van der Waals surface area contributed by atoms with E-state index in [0.717, 1.165) is 25.7 Å². The van der Waals surface area contributed by atoms with Gasteiger partial charge < -0.3 is 14.6 Å². The first-order valence-corrected chi connectivity index (χ1v) is 8.90. The van der Waals surface area contributed by atoms with Gasteiger partial charge in [-0.05, 0) is 46.3 Å². The van der Waals surface area contributed by atoms with Crippen LogP contribution in [-0.2, 0) is 16.7 Å². The molecule has 0 aromatic carbocycles. The van der Waals surface area contributed by atoms with Gasteiger partial charge in [-0.25, -0.2) is 4.79 Å². The maximum absolute atomic E-state index is 12.0. The highest BCUT2D eigenvalue weighted by molar-refractivity contribution is 7.99. The van der Waals surface area contributed by atoms with E-state index in [2.05, 4.69) is 28.6 Å². The summed E-state index contributed by atoms with van der Waals surface area (Å²) in [7, 11) is 0. The first kappa shape index (κ1) is 17.1. The lowest BCUT2D eigenvalue weighted by Gasteiger charge is -2.39. The molecule has 2 rings (SSSR count). The number of carbonyl (C=O) groups excluding carboxylic acids is 1. The summed E-state index contributed by atoms with van der Waals surface area (Å²) in [6.45, 7) is 7.65. The van der Waals surface area contributed by atoms with Gasteiger partial charge in [0, 0.05) is 11.7 Å². The molecule has 6 nitrogen and oxygen atoms in total. The molecule has 1 saturated carbocycles. The minimum absolute atomic E-state index is 0.421. The molecule has 0 spiro atoms. The Bertz CT molecular complexity index is 520. The first-order valence-electron chi connectivity index (χ1n) is 7.61. The SMILES string of the molecule is CSC(C)Cc1nc(C2(NC(=O)OC(C)(C)C)CCC2)no1. The number of carbonyl (C=O) groups is 1. The molecule has 1 aromatic heterocycles. The van der Waals surface area contributed by atoms with Crippen molar-refractivity contribution in [2.24, 2.45) is 0 Å². The standard InChI is InChI=1S/C15H25N3O3S/c1-10(22-5)9-11-16-12(18-21-11)15(7-6-8-15)17-13(19)20-14(2,3)4/h10H,6-9H2,1-5H3,(H,17,19). The van der Waals surface area contributed by atoms with Crippen LogP contribution in [0.15, 0.2) is 4.52 Å². The lowest BCUT2D eigenvalue weighted by atomic mass is 9.76. The number of thioether (sulfide) groups is 1. The van der Waals surface area contributed by atoms with Gasteiger partial charge in [-0.1, -0.05) is 12.1 Å². The topological polar surface area (TPSA) is 77.2 Å². The van der Waals surface area contributed by atoms with Crippen LogP contribution in [0.1, 0.15) is 58.7 Å². The van der Waals surface area contributed by atoms with Gasteiger partial charge in [0.25, 0.3) is 0 Å². The smallest absolute Gasteiger partial charge is 0.408 e. The second-order valence-electron chi connectivity index (χ2n) is 6.82. The molecular weight excluding hydrogens is 302 g/mol. The molecular formula is C15H25N3O3S. The highest BCUT2D eigenvalue weighted by Gasteiger charge is 2.45. The van der Waals surface area contributed by atoms with Crippen molar-refractivity contribution in [1.29, 1.82) is 0 Å². The van der Waals surface area contributed by atoms with Crippen molar-refractivity contribution in [2.75, 3.05) is 6.26 Å². The van der Waals surface area contributed by atoms with Crippen LogP contribution in [0.5, 0.6) is 0 Å². The third kappa shape index (κ3) is 4.15. The third-order valence-corrected chi connectivity index (χ3v) is 4.68. The van der Waals surface area contributed by atoms with E-state index in [0.29, 0.717) is 17.0 Å². The van der Waals surface area contributed by atoms with Gasteiger partial charge in [-0.15, -0.1) is 0 Å². The minimum Gasteiger partial charge on any atom is -0.444 e. The summed E-state index contributed by atoms with van der Waals surface area (Å²) in [5.41, 5.74) is -1.06. The quantitative estimate of drug-likeness (QED) is 0.894. The molecule has 0 aliphatic heterocycles. The van der Waals surface area contributed by atoms with Gasteiger partial charge >= 0.3 is 6.09 Å². The van der Waals surface area contributed by atoms with Gasteiger partial charge in [-0.2, -0.15) is 16.7 Å². The lowest BCUT2D eigenvalue weighted by molar-refractivity contribution is 0.0362.